The molecule has 48 heavy (non-hydrogen) atoms. The van der Waals surface area contributed by atoms with Gasteiger partial charge in [0.25, 0.3) is 0 Å². The minimum absolute atomic E-state index is 0.0464. The van der Waals surface area contributed by atoms with Crippen LogP contribution in [0.15, 0.2) is 21.6 Å². The summed E-state index contributed by atoms with van der Waals surface area (Å²) in [5.74, 6) is -0.816. The SMILES string of the molecule is CC1(C)O[C@H]2CC(=O)OC[C@@]23[C@@H]1C(=O)[C@@H](O)[C@]1(C)[C@@H]3CC[C@@]2(C)[C@H](C3=CC[OH+]C3CCC3CCC(C4=NC=NC4)CC3)OC(=O)[C@H]3O[C@@]312. The number of ether oxygens (including phenoxy) is 5. The number of hydrogen-bond acceptors (Lipinski definition) is 10. The van der Waals surface area contributed by atoms with E-state index in [4.69, 9.17) is 23.7 Å². The fraction of sp³-hybridized carbons (Fsp3) is 0.811. The quantitative estimate of drug-likeness (QED) is 0.204. The number of carbonyl (C=O) groups is 3. The molecule has 260 valence electrons. The van der Waals surface area contributed by atoms with E-state index in [1.807, 2.05) is 20.8 Å². The van der Waals surface area contributed by atoms with Gasteiger partial charge >= 0.3 is 11.9 Å². The molecule has 0 amide bonds. The Balaban J connectivity index is 1.00. The second-order valence-corrected chi connectivity index (χ2v) is 17.2. The van der Waals surface area contributed by atoms with Crippen molar-refractivity contribution >= 4 is 29.8 Å². The number of hydrogen-bond donors (Lipinski definition) is 1. The fourth-order valence-corrected chi connectivity index (χ4v) is 12.9. The Hall–Kier alpha value is -2.47. The molecule has 2 spiro atoms. The van der Waals surface area contributed by atoms with Gasteiger partial charge in [-0.3, -0.25) is 14.6 Å². The van der Waals surface area contributed by atoms with Crippen molar-refractivity contribution in [1.82, 2.24) is 0 Å². The van der Waals surface area contributed by atoms with Gasteiger partial charge in [0, 0.05) is 34.5 Å². The molecular weight excluding hydrogens is 616 g/mol. The van der Waals surface area contributed by atoms with Crippen LogP contribution in [-0.4, -0.2) is 101 Å². The molecular formula is C37H49N2O9+. The van der Waals surface area contributed by atoms with Gasteiger partial charge in [-0.2, -0.15) is 0 Å². The summed E-state index contributed by atoms with van der Waals surface area (Å²) in [7, 11) is 0. The van der Waals surface area contributed by atoms with Crippen LogP contribution in [-0.2, 0) is 33.3 Å². The van der Waals surface area contributed by atoms with Gasteiger partial charge in [-0.1, -0.05) is 13.8 Å². The maximum absolute atomic E-state index is 14.5. The molecule has 1 unspecified atom stereocenters. The van der Waals surface area contributed by atoms with Gasteiger partial charge < -0.3 is 28.8 Å². The van der Waals surface area contributed by atoms with Crippen LogP contribution in [0.2, 0.25) is 0 Å². The van der Waals surface area contributed by atoms with Crippen LogP contribution in [0.4, 0.5) is 0 Å². The number of Topliss-reactive ketones (excluding diaryl/α,β-unsaturated/α-hetero) is 1. The van der Waals surface area contributed by atoms with E-state index in [-0.39, 0.29) is 36.8 Å². The molecule has 6 aliphatic heterocycles. The minimum Gasteiger partial charge on any atom is -0.465 e. The van der Waals surface area contributed by atoms with Crippen LogP contribution in [0.1, 0.15) is 85.5 Å². The molecule has 2 N–H and O–H groups in total. The molecule has 4 saturated heterocycles. The highest BCUT2D eigenvalue weighted by molar-refractivity contribution is 5.97. The number of rotatable bonds is 5. The first-order valence-corrected chi connectivity index (χ1v) is 18.2. The van der Waals surface area contributed by atoms with E-state index in [0.29, 0.717) is 31.3 Å². The number of cyclic esters (lactones) is 2. The van der Waals surface area contributed by atoms with E-state index in [1.165, 1.54) is 18.6 Å². The maximum atomic E-state index is 14.5. The zero-order valence-corrected chi connectivity index (χ0v) is 28.5. The average molecular weight is 666 g/mol. The van der Waals surface area contributed by atoms with Gasteiger partial charge in [-0.05, 0) is 76.5 Å². The molecule has 6 heterocycles. The van der Waals surface area contributed by atoms with Gasteiger partial charge in [-0.25, -0.2) is 9.79 Å². The highest BCUT2D eigenvalue weighted by Gasteiger charge is 2.91. The number of ketones is 1. The lowest BCUT2D eigenvalue weighted by Gasteiger charge is -2.66. The van der Waals surface area contributed by atoms with Crippen molar-refractivity contribution in [3.63, 3.8) is 0 Å². The number of aliphatic imine (C=N–C) groups is 2. The summed E-state index contributed by atoms with van der Waals surface area (Å²) in [6.45, 7) is 9.23. The van der Waals surface area contributed by atoms with Crippen molar-refractivity contribution in [3.05, 3.63) is 11.6 Å². The summed E-state index contributed by atoms with van der Waals surface area (Å²) in [6, 6.07) is 0. The van der Waals surface area contributed by atoms with Crippen LogP contribution >= 0.6 is 0 Å². The number of fused-ring (bicyclic) bond motifs is 1. The first-order valence-electron chi connectivity index (χ1n) is 18.2. The van der Waals surface area contributed by atoms with E-state index >= 15 is 0 Å². The lowest BCUT2D eigenvalue weighted by molar-refractivity contribution is -0.249. The Bertz CT molecular complexity index is 1550. The van der Waals surface area contributed by atoms with Gasteiger partial charge in [0.05, 0.1) is 36.2 Å². The summed E-state index contributed by atoms with van der Waals surface area (Å²) in [6.07, 6.45) is 8.47. The van der Waals surface area contributed by atoms with Crippen molar-refractivity contribution in [1.29, 1.82) is 0 Å². The van der Waals surface area contributed by atoms with Crippen molar-refractivity contribution < 1.29 is 43.2 Å². The number of aliphatic hydroxyl groups is 3. The van der Waals surface area contributed by atoms with Crippen LogP contribution in [0.3, 0.4) is 0 Å². The molecule has 9 rings (SSSR count). The summed E-state index contributed by atoms with van der Waals surface area (Å²) in [5, 5.41) is 12.2. The largest absolute Gasteiger partial charge is 0.465 e. The van der Waals surface area contributed by atoms with Crippen molar-refractivity contribution in [2.45, 2.75) is 127 Å². The van der Waals surface area contributed by atoms with E-state index in [1.54, 1.807) is 6.34 Å². The van der Waals surface area contributed by atoms with Gasteiger partial charge in [-0.15, -0.1) is 0 Å². The molecule has 0 bridgehead atoms. The molecule has 0 aromatic carbocycles. The Morgan fingerprint density at radius 2 is 1.79 bits per heavy atom. The Morgan fingerprint density at radius 3 is 2.54 bits per heavy atom. The Morgan fingerprint density at radius 1 is 1.00 bits per heavy atom. The van der Waals surface area contributed by atoms with E-state index in [2.05, 4.69) is 23.0 Å². The molecule has 0 radical (unpaired) electrons. The molecule has 11 nitrogen and oxygen atoms in total. The van der Waals surface area contributed by atoms with Gasteiger partial charge in [0.2, 0.25) is 0 Å². The van der Waals surface area contributed by atoms with Crippen molar-refractivity contribution in [2.24, 2.45) is 49.9 Å². The third-order valence-electron chi connectivity index (χ3n) is 14.9. The number of carbonyl (C=O) groups excluding carboxylic acids is 3. The monoisotopic (exact) mass is 665 g/mol. The topological polar surface area (TPSA) is 149 Å². The van der Waals surface area contributed by atoms with Crippen LogP contribution < -0.4 is 0 Å². The highest BCUT2D eigenvalue weighted by Crippen LogP contribution is 2.79. The predicted molar refractivity (Wildman–Crippen MR) is 172 cm³/mol. The fourth-order valence-electron chi connectivity index (χ4n) is 12.9. The Kier molecular flexibility index (Phi) is 6.76. The zero-order valence-electron chi connectivity index (χ0n) is 28.5. The lowest BCUT2D eigenvalue weighted by Crippen LogP contribution is -2.77. The van der Waals surface area contributed by atoms with Crippen molar-refractivity contribution in [3.8, 4) is 0 Å². The average Bonchev–Trinajstić information content (AvgIpc) is 3.32. The molecule has 11 atom stereocenters. The molecule has 11 heteroatoms. The van der Waals surface area contributed by atoms with Gasteiger partial charge in [0.15, 0.2) is 24.6 Å². The minimum atomic E-state index is -1.37. The number of nitrogens with zero attached hydrogens (tertiary/aromatic N) is 2. The first kappa shape index (κ1) is 31.5. The number of esters is 2. The zero-order chi connectivity index (χ0) is 33.4. The second kappa shape index (κ2) is 10.3. The van der Waals surface area contributed by atoms with Crippen LogP contribution in [0.25, 0.3) is 0 Å². The normalized spacial score (nSPS) is 51.4. The maximum Gasteiger partial charge on any atom is 0.339 e. The van der Waals surface area contributed by atoms with Crippen molar-refractivity contribution in [2.75, 3.05) is 19.8 Å². The lowest BCUT2D eigenvalue weighted by atomic mass is 9.36. The summed E-state index contributed by atoms with van der Waals surface area (Å²) < 4.78 is 30.2. The smallest absolute Gasteiger partial charge is 0.339 e. The summed E-state index contributed by atoms with van der Waals surface area (Å²) >= 11 is 0. The number of epoxide rings is 1. The predicted octanol–water partition coefficient (Wildman–Crippen LogP) is 3.05. The molecule has 0 aromatic heterocycles. The molecule has 7 fully saturated rings. The number of aliphatic hydroxyl groups excluding tert-OH is 1. The standard InChI is InChI=1S/C37H48N2O9/c1-33(2)28-27(41)29(42)35(4)24(36(28)17-45-26(40)15-25(36)47-33)11-13-34(3)30(46-32(43)31-37(34,35)48-31)21-12-14-44-23(21)10-7-19-5-8-20(9-6-19)22-16-38-18-39-22/h12,18-20,23-25,28-31,42H,5-11,13-17H2,1-4H3/p+1/t19?,20?,23?,24-,25-,28+,29+,30-,31+,34-,35-,36-,37+/m0/s1. The summed E-state index contributed by atoms with van der Waals surface area (Å²) in [5.41, 5.74) is -2.35. The van der Waals surface area contributed by atoms with Crippen LogP contribution in [0, 0.1) is 39.9 Å². The van der Waals surface area contributed by atoms with Gasteiger partial charge in [0.1, 0.15) is 30.8 Å². The molecule has 0 aromatic rings. The molecule has 9 aliphatic rings. The summed E-state index contributed by atoms with van der Waals surface area (Å²) in [4.78, 5) is 49.6. The first-order chi connectivity index (χ1) is 22.9. The highest BCUT2D eigenvalue weighted by atomic mass is 16.7. The van der Waals surface area contributed by atoms with Crippen LogP contribution in [0.5, 0.6) is 0 Å². The van der Waals surface area contributed by atoms with E-state index in [9.17, 15) is 19.5 Å². The molecule has 3 saturated carbocycles. The third-order valence-corrected chi connectivity index (χ3v) is 14.9. The third kappa shape index (κ3) is 3.82. The Labute approximate surface area is 281 Å². The second-order valence-electron chi connectivity index (χ2n) is 17.2. The molecule has 3 aliphatic carbocycles. The van der Waals surface area contributed by atoms with E-state index < -0.39 is 63.8 Å². The van der Waals surface area contributed by atoms with E-state index in [0.717, 1.165) is 37.8 Å².